The first kappa shape index (κ1) is 16.7. The van der Waals surface area contributed by atoms with Gasteiger partial charge in [0.15, 0.2) is 0 Å². The van der Waals surface area contributed by atoms with E-state index in [1.165, 1.54) is 0 Å². The smallest absolute Gasteiger partial charge is 0.251 e. The topological polar surface area (TPSA) is 56.8 Å². The van der Waals surface area contributed by atoms with E-state index in [0.29, 0.717) is 30.2 Å². The van der Waals surface area contributed by atoms with Crippen molar-refractivity contribution in [3.63, 3.8) is 0 Å². The molecule has 0 spiro atoms. The van der Waals surface area contributed by atoms with Gasteiger partial charge in [0, 0.05) is 23.7 Å². The Balaban J connectivity index is 2.01. The summed E-state index contributed by atoms with van der Waals surface area (Å²) in [5, 5.41) is 2.88. The second kappa shape index (κ2) is 8.08. The van der Waals surface area contributed by atoms with Crippen LogP contribution in [0.4, 0.5) is 0 Å². The van der Waals surface area contributed by atoms with Crippen LogP contribution in [0, 0.1) is 0 Å². The zero-order valence-corrected chi connectivity index (χ0v) is 13.6. The van der Waals surface area contributed by atoms with Crippen LogP contribution in [0.15, 0.2) is 42.5 Å². The summed E-state index contributed by atoms with van der Waals surface area (Å²) in [6.45, 7) is 2.89. The predicted molar refractivity (Wildman–Crippen MR) is 88.3 cm³/mol. The molecule has 0 aliphatic carbocycles. The van der Waals surface area contributed by atoms with Crippen LogP contribution < -0.4 is 19.5 Å². The molecule has 0 aliphatic rings. The average Bonchev–Trinajstić information content (AvgIpc) is 2.60. The van der Waals surface area contributed by atoms with Crippen LogP contribution in [-0.4, -0.2) is 26.7 Å². The van der Waals surface area contributed by atoms with Crippen LogP contribution >= 0.6 is 0 Å². The molecule has 0 radical (unpaired) electrons. The van der Waals surface area contributed by atoms with Crippen molar-refractivity contribution in [3.05, 3.63) is 53.6 Å². The summed E-state index contributed by atoms with van der Waals surface area (Å²) in [6.07, 6.45) is 0. The number of ether oxygens (including phenoxy) is 3. The molecule has 0 saturated carbocycles. The maximum Gasteiger partial charge on any atom is 0.251 e. The van der Waals surface area contributed by atoms with E-state index >= 15 is 0 Å². The molecule has 1 amide bonds. The minimum atomic E-state index is -0.147. The molecule has 122 valence electrons. The zero-order valence-electron chi connectivity index (χ0n) is 13.6. The highest BCUT2D eigenvalue weighted by atomic mass is 16.5. The van der Waals surface area contributed by atoms with Crippen molar-refractivity contribution < 1.29 is 19.0 Å². The van der Waals surface area contributed by atoms with Crippen LogP contribution in [0.1, 0.15) is 22.8 Å². The summed E-state index contributed by atoms with van der Waals surface area (Å²) in [7, 11) is 3.19. The minimum absolute atomic E-state index is 0.147. The molecule has 5 nitrogen and oxygen atoms in total. The summed E-state index contributed by atoms with van der Waals surface area (Å²) >= 11 is 0. The Morgan fingerprint density at radius 1 is 1.00 bits per heavy atom. The average molecular weight is 315 g/mol. The van der Waals surface area contributed by atoms with Crippen LogP contribution in [0.2, 0.25) is 0 Å². The van der Waals surface area contributed by atoms with Crippen molar-refractivity contribution in [2.45, 2.75) is 13.5 Å². The second-order valence-electron chi connectivity index (χ2n) is 4.82. The van der Waals surface area contributed by atoms with Gasteiger partial charge >= 0.3 is 0 Å². The van der Waals surface area contributed by atoms with E-state index in [0.717, 1.165) is 11.3 Å². The van der Waals surface area contributed by atoms with Gasteiger partial charge in [-0.05, 0) is 43.3 Å². The number of carbonyl (C=O) groups is 1. The van der Waals surface area contributed by atoms with E-state index in [4.69, 9.17) is 14.2 Å². The maximum absolute atomic E-state index is 12.2. The fourth-order valence-corrected chi connectivity index (χ4v) is 2.14. The zero-order chi connectivity index (χ0) is 16.7. The number of nitrogens with one attached hydrogen (secondary N) is 1. The van der Waals surface area contributed by atoms with Gasteiger partial charge in [-0.25, -0.2) is 0 Å². The SMILES string of the molecule is CCOc1ccc(C(=O)NCc2ccc(OC)cc2OC)cc1. The number of methoxy groups -OCH3 is 2. The molecule has 2 aromatic carbocycles. The van der Waals surface area contributed by atoms with Gasteiger partial charge < -0.3 is 19.5 Å². The van der Waals surface area contributed by atoms with E-state index < -0.39 is 0 Å². The summed E-state index contributed by atoms with van der Waals surface area (Å²) < 4.78 is 15.8. The molecule has 0 aromatic heterocycles. The Labute approximate surface area is 136 Å². The normalized spacial score (nSPS) is 10.0. The van der Waals surface area contributed by atoms with Crippen LogP contribution in [-0.2, 0) is 6.54 Å². The Kier molecular flexibility index (Phi) is 5.86. The first-order valence-electron chi connectivity index (χ1n) is 7.40. The lowest BCUT2D eigenvalue weighted by atomic mass is 10.1. The van der Waals surface area contributed by atoms with E-state index in [1.807, 2.05) is 19.1 Å². The maximum atomic E-state index is 12.2. The molecule has 2 aromatic rings. The third-order valence-electron chi connectivity index (χ3n) is 3.36. The molecular weight excluding hydrogens is 294 g/mol. The van der Waals surface area contributed by atoms with Gasteiger partial charge in [-0.1, -0.05) is 0 Å². The largest absolute Gasteiger partial charge is 0.497 e. The van der Waals surface area contributed by atoms with Gasteiger partial charge in [-0.15, -0.1) is 0 Å². The third-order valence-corrected chi connectivity index (χ3v) is 3.36. The molecule has 1 N–H and O–H groups in total. The quantitative estimate of drug-likeness (QED) is 0.853. The number of rotatable bonds is 7. The van der Waals surface area contributed by atoms with Crippen molar-refractivity contribution in [1.29, 1.82) is 0 Å². The Bertz CT molecular complexity index is 653. The first-order chi connectivity index (χ1) is 11.2. The fourth-order valence-electron chi connectivity index (χ4n) is 2.14. The third kappa shape index (κ3) is 4.39. The molecule has 0 aliphatic heterocycles. The lowest BCUT2D eigenvalue weighted by molar-refractivity contribution is 0.0950. The monoisotopic (exact) mass is 315 g/mol. The molecule has 0 unspecified atom stereocenters. The fraction of sp³-hybridized carbons (Fsp3) is 0.278. The van der Waals surface area contributed by atoms with Crippen molar-refractivity contribution in [3.8, 4) is 17.2 Å². The van der Waals surface area contributed by atoms with Crippen LogP contribution in [0.3, 0.4) is 0 Å². The number of hydrogen-bond donors (Lipinski definition) is 1. The molecular formula is C18H21NO4. The lowest BCUT2D eigenvalue weighted by Crippen LogP contribution is -2.23. The highest BCUT2D eigenvalue weighted by Gasteiger charge is 2.09. The minimum Gasteiger partial charge on any atom is -0.497 e. The van der Waals surface area contributed by atoms with E-state index in [1.54, 1.807) is 44.6 Å². The lowest BCUT2D eigenvalue weighted by Gasteiger charge is -2.11. The highest BCUT2D eigenvalue weighted by molar-refractivity contribution is 5.94. The van der Waals surface area contributed by atoms with Crippen molar-refractivity contribution >= 4 is 5.91 Å². The summed E-state index contributed by atoms with van der Waals surface area (Å²) in [5.74, 6) is 1.99. The molecule has 0 fully saturated rings. The van der Waals surface area contributed by atoms with Crippen molar-refractivity contribution in [2.75, 3.05) is 20.8 Å². The Hall–Kier alpha value is -2.69. The first-order valence-corrected chi connectivity index (χ1v) is 7.40. The molecule has 23 heavy (non-hydrogen) atoms. The Morgan fingerprint density at radius 2 is 1.70 bits per heavy atom. The number of amides is 1. The summed E-state index contributed by atoms with van der Waals surface area (Å²) in [5.41, 5.74) is 1.47. The van der Waals surface area contributed by atoms with Crippen LogP contribution in [0.5, 0.6) is 17.2 Å². The molecule has 0 saturated heterocycles. The van der Waals surface area contributed by atoms with E-state index in [2.05, 4.69) is 5.32 Å². The van der Waals surface area contributed by atoms with Gasteiger partial charge in [-0.3, -0.25) is 4.79 Å². The number of hydrogen-bond acceptors (Lipinski definition) is 4. The summed E-state index contributed by atoms with van der Waals surface area (Å²) in [6, 6.07) is 12.5. The second-order valence-corrected chi connectivity index (χ2v) is 4.82. The predicted octanol–water partition coefficient (Wildman–Crippen LogP) is 3.03. The summed E-state index contributed by atoms with van der Waals surface area (Å²) in [4.78, 5) is 12.2. The van der Waals surface area contributed by atoms with Gasteiger partial charge in [0.25, 0.3) is 5.91 Å². The van der Waals surface area contributed by atoms with Crippen molar-refractivity contribution in [2.24, 2.45) is 0 Å². The van der Waals surface area contributed by atoms with Crippen LogP contribution in [0.25, 0.3) is 0 Å². The molecule has 0 atom stereocenters. The molecule has 2 rings (SSSR count). The molecule has 5 heteroatoms. The van der Waals surface area contributed by atoms with Gasteiger partial charge in [0.05, 0.1) is 20.8 Å². The van der Waals surface area contributed by atoms with Crippen molar-refractivity contribution in [1.82, 2.24) is 5.32 Å². The number of carbonyl (C=O) groups excluding carboxylic acids is 1. The standard InChI is InChI=1S/C18H21NO4/c1-4-23-15-8-5-13(6-9-15)18(20)19-12-14-7-10-16(21-2)11-17(14)22-3/h5-11H,4,12H2,1-3H3,(H,19,20). The number of benzene rings is 2. The highest BCUT2D eigenvalue weighted by Crippen LogP contribution is 2.24. The van der Waals surface area contributed by atoms with Gasteiger partial charge in [-0.2, -0.15) is 0 Å². The van der Waals surface area contributed by atoms with Gasteiger partial charge in [0.1, 0.15) is 17.2 Å². The Morgan fingerprint density at radius 3 is 2.30 bits per heavy atom. The molecule has 0 heterocycles. The van der Waals surface area contributed by atoms with E-state index in [-0.39, 0.29) is 5.91 Å². The van der Waals surface area contributed by atoms with Gasteiger partial charge in [0.2, 0.25) is 0 Å². The van der Waals surface area contributed by atoms with E-state index in [9.17, 15) is 4.79 Å². The molecule has 0 bridgehead atoms.